The maximum absolute atomic E-state index is 10.1. The van der Waals surface area contributed by atoms with E-state index in [1.807, 2.05) is 0 Å². The first-order valence-electron chi connectivity index (χ1n) is 8.32. The second-order valence-corrected chi connectivity index (χ2v) is 7.03. The first-order chi connectivity index (χ1) is 12.0. The smallest absolute Gasteiger partial charge is 0.217 e. The van der Waals surface area contributed by atoms with Crippen LogP contribution in [0.25, 0.3) is 0 Å². The van der Waals surface area contributed by atoms with Crippen LogP contribution in [0.2, 0.25) is 0 Å². The van der Waals surface area contributed by atoms with Crippen molar-refractivity contribution in [1.82, 2.24) is 4.57 Å². The predicted octanol–water partition coefficient (Wildman–Crippen LogP) is 2.53. The number of nitrogens with zero attached hydrogens (tertiary/aromatic N) is 4. The van der Waals surface area contributed by atoms with Gasteiger partial charge in [-0.3, -0.25) is 5.41 Å². The average Bonchev–Trinajstić information content (AvgIpc) is 3.13. The lowest BCUT2D eigenvalue weighted by atomic mass is 9.52. The fraction of sp³-hybridized carbons (Fsp3) is 0.556. The zero-order chi connectivity index (χ0) is 17.9. The van der Waals surface area contributed by atoms with Gasteiger partial charge in [0.05, 0.1) is 24.1 Å². The van der Waals surface area contributed by atoms with E-state index in [4.69, 9.17) is 14.9 Å². The lowest BCUT2D eigenvalue weighted by molar-refractivity contribution is -0.295. The Hall–Kier alpha value is -2.82. The largest absolute Gasteiger partial charge is 0.447 e. The van der Waals surface area contributed by atoms with Crippen LogP contribution < -0.4 is 0 Å². The third kappa shape index (κ3) is 1.54. The highest BCUT2D eigenvalue weighted by Gasteiger charge is 2.80. The van der Waals surface area contributed by atoms with Crippen molar-refractivity contribution in [2.24, 2.45) is 23.8 Å². The molecule has 1 N–H and O–H groups in total. The van der Waals surface area contributed by atoms with Crippen LogP contribution in [0.4, 0.5) is 0 Å². The van der Waals surface area contributed by atoms with Crippen molar-refractivity contribution in [2.45, 2.75) is 37.6 Å². The van der Waals surface area contributed by atoms with Gasteiger partial charge in [-0.15, -0.1) is 0 Å². The third-order valence-corrected chi connectivity index (χ3v) is 6.07. The predicted molar refractivity (Wildman–Crippen MR) is 84.4 cm³/mol. The second-order valence-electron chi connectivity index (χ2n) is 7.03. The molecule has 3 fully saturated rings. The molecule has 7 nitrogen and oxygen atoms in total. The van der Waals surface area contributed by atoms with Crippen molar-refractivity contribution >= 4 is 5.90 Å². The quantitative estimate of drug-likeness (QED) is 0.846. The monoisotopic (exact) mass is 335 g/mol. The maximum Gasteiger partial charge on any atom is 0.217 e. The molecule has 0 radical (unpaired) electrons. The van der Waals surface area contributed by atoms with Crippen LogP contribution in [0.5, 0.6) is 0 Å². The molecular formula is C18H17N5O2. The van der Waals surface area contributed by atoms with E-state index in [0.29, 0.717) is 18.5 Å². The molecule has 2 bridgehead atoms. The van der Waals surface area contributed by atoms with Gasteiger partial charge in [0.1, 0.15) is 6.10 Å². The van der Waals surface area contributed by atoms with E-state index in [0.717, 1.165) is 12.8 Å². The van der Waals surface area contributed by atoms with Crippen molar-refractivity contribution in [3.63, 3.8) is 0 Å². The summed E-state index contributed by atoms with van der Waals surface area (Å²) >= 11 is 0. The minimum absolute atomic E-state index is 0.304. The van der Waals surface area contributed by atoms with Gasteiger partial charge >= 0.3 is 0 Å². The van der Waals surface area contributed by atoms with Gasteiger partial charge in [-0.2, -0.15) is 15.8 Å². The number of rotatable bonds is 1. The molecule has 0 aromatic carbocycles. The van der Waals surface area contributed by atoms with E-state index in [1.165, 1.54) is 0 Å². The van der Waals surface area contributed by atoms with Crippen LogP contribution in [-0.2, 0) is 16.5 Å². The molecule has 4 rings (SSSR count). The molecule has 1 saturated carbocycles. The number of hydrogen-bond donors (Lipinski definition) is 1. The van der Waals surface area contributed by atoms with Crippen molar-refractivity contribution in [3.05, 3.63) is 24.0 Å². The minimum atomic E-state index is -1.84. The van der Waals surface area contributed by atoms with Crippen molar-refractivity contribution in [3.8, 4) is 18.2 Å². The Morgan fingerprint density at radius 3 is 2.60 bits per heavy atom. The summed E-state index contributed by atoms with van der Waals surface area (Å²) in [5.74, 6) is -1.89. The SMILES string of the molecule is Cn1cccc1C1OC23CCCCC2C(C#N)(C(=N)O3)C1(C#N)C#N. The summed E-state index contributed by atoms with van der Waals surface area (Å²) in [5, 5.41) is 38.7. The number of ether oxygens (including phenoxy) is 2. The van der Waals surface area contributed by atoms with Crippen LogP contribution in [0.1, 0.15) is 37.5 Å². The molecular weight excluding hydrogens is 318 g/mol. The molecule has 126 valence electrons. The summed E-state index contributed by atoms with van der Waals surface area (Å²) in [6, 6.07) is 9.89. The summed E-state index contributed by atoms with van der Waals surface area (Å²) in [6.45, 7) is 0. The molecule has 1 aromatic heterocycles. The highest BCUT2D eigenvalue weighted by molar-refractivity contribution is 5.89. The van der Waals surface area contributed by atoms with Gasteiger partial charge in [0.15, 0.2) is 5.41 Å². The molecule has 3 aliphatic rings. The summed E-state index contributed by atoms with van der Waals surface area (Å²) in [5.41, 5.74) is -2.83. The van der Waals surface area contributed by atoms with Gasteiger partial charge in [-0.05, 0) is 25.0 Å². The third-order valence-electron chi connectivity index (χ3n) is 6.07. The van der Waals surface area contributed by atoms with E-state index in [2.05, 4.69) is 18.2 Å². The molecule has 0 spiro atoms. The lowest BCUT2D eigenvalue weighted by Gasteiger charge is -2.51. The van der Waals surface area contributed by atoms with E-state index < -0.39 is 28.6 Å². The highest BCUT2D eigenvalue weighted by Crippen LogP contribution is 2.69. The molecule has 3 heterocycles. The van der Waals surface area contributed by atoms with Crippen molar-refractivity contribution in [2.75, 3.05) is 0 Å². The molecule has 0 amide bonds. The topological polar surface area (TPSA) is 119 Å². The van der Waals surface area contributed by atoms with Crippen LogP contribution in [0.15, 0.2) is 18.3 Å². The summed E-state index contributed by atoms with van der Waals surface area (Å²) in [4.78, 5) is 0. The van der Waals surface area contributed by atoms with Gasteiger partial charge in [-0.25, -0.2) is 0 Å². The number of hydrogen-bond acceptors (Lipinski definition) is 6. The van der Waals surface area contributed by atoms with Gasteiger partial charge in [0.2, 0.25) is 17.1 Å². The van der Waals surface area contributed by atoms with Crippen LogP contribution in [-0.4, -0.2) is 16.3 Å². The van der Waals surface area contributed by atoms with Gasteiger partial charge in [0.25, 0.3) is 0 Å². The average molecular weight is 335 g/mol. The maximum atomic E-state index is 10.1. The fourth-order valence-electron chi connectivity index (χ4n) is 4.87. The Bertz CT molecular complexity index is 871. The molecule has 1 aromatic rings. The zero-order valence-corrected chi connectivity index (χ0v) is 13.8. The van der Waals surface area contributed by atoms with E-state index >= 15 is 0 Å². The number of nitrogens with one attached hydrogen (secondary N) is 1. The number of nitriles is 3. The number of aromatic nitrogens is 1. The summed E-state index contributed by atoms with van der Waals surface area (Å²) in [6.07, 6.45) is 3.71. The Balaban J connectivity index is 2.03. The van der Waals surface area contributed by atoms with Gasteiger partial charge in [0, 0.05) is 25.4 Å². The molecule has 4 unspecified atom stereocenters. The Labute approximate surface area is 145 Å². The standard InChI is InChI=1S/C18H17N5O2/c1-23-8-4-5-12(23)14-16(9-19,10-20)17(11-21)13-6-2-3-7-18(13,24-14)25-15(17)22/h4-5,8,13-14,22H,2-3,6-7H2,1H3. The Morgan fingerprint density at radius 2 is 2.00 bits per heavy atom. The number of aryl methyl sites for hydroxylation is 1. The van der Waals surface area contributed by atoms with E-state index in [9.17, 15) is 15.8 Å². The molecule has 25 heavy (non-hydrogen) atoms. The van der Waals surface area contributed by atoms with E-state index in [-0.39, 0.29) is 5.90 Å². The van der Waals surface area contributed by atoms with Crippen molar-refractivity contribution in [1.29, 1.82) is 21.2 Å². The van der Waals surface area contributed by atoms with E-state index in [1.54, 1.807) is 29.9 Å². The van der Waals surface area contributed by atoms with Crippen LogP contribution in [0, 0.1) is 56.2 Å². The summed E-state index contributed by atoms with van der Waals surface area (Å²) < 4.78 is 13.9. The minimum Gasteiger partial charge on any atom is -0.447 e. The second kappa shape index (κ2) is 4.85. The summed E-state index contributed by atoms with van der Waals surface area (Å²) in [7, 11) is 1.80. The highest BCUT2D eigenvalue weighted by atomic mass is 16.7. The molecule has 7 heteroatoms. The van der Waals surface area contributed by atoms with Crippen LogP contribution in [0.3, 0.4) is 0 Å². The van der Waals surface area contributed by atoms with Crippen LogP contribution >= 0.6 is 0 Å². The Kier molecular flexibility index (Phi) is 3.04. The van der Waals surface area contributed by atoms with Gasteiger partial charge in [-0.1, -0.05) is 6.42 Å². The fourth-order valence-corrected chi connectivity index (χ4v) is 4.87. The normalized spacial score (nSPS) is 37.9. The molecule has 2 saturated heterocycles. The molecule has 1 aliphatic carbocycles. The first-order valence-corrected chi connectivity index (χ1v) is 8.32. The van der Waals surface area contributed by atoms with Crippen molar-refractivity contribution < 1.29 is 9.47 Å². The van der Waals surface area contributed by atoms with Gasteiger partial charge < -0.3 is 14.0 Å². The zero-order valence-electron chi connectivity index (χ0n) is 13.8. The Morgan fingerprint density at radius 1 is 1.24 bits per heavy atom. The molecule has 2 aliphatic heterocycles. The molecule has 4 atom stereocenters. The lowest BCUT2D eigenvalue weighted by Crippen LogP contribution is -2.60. The first kappa shape index (κ1) is 15.7.